The number of aryl methyl sites for hydroxylation is 1. The molecule has 6 heteroatoms. The third-order valence-corrected chi connectivity index (χ3v) is 5.39. The maximum absolute atomic E-state index is 12.9. The lowest BCUT2D eigenvalue weighted by Gasteiger charge is -2.21. The second-order valence-electron chi connectivity index (χ2n) is 7.27. The number of aromatic nitrogens is 1. The van der Waals surface area contributed by atoms with Gasteiger partial charge in [-0.1, -0.05) is 25.1 Å². The van der Waals surface area contributed by atoms with Crippen molar-refractivity contribution in [2.45, 2.75) is 34.1 Å². The first kappa shape index (κ1) is 22.3. The smallest absolute Gasteiger partial charge is 0.339 e. The van der Waals surface area contributed by atoms with E-state index in [1.807, 2.05) is 62.4 Å². The van der Waals surface area contributed by atoms with Crippen molar-refractivity contribution in [3.05, 3.63) is 65.4 Å². The number of rotatable bonds is 8. The van der Waals surface area contributed by atoms with Crippen molar-refractivity contribution in [3.8, 4) is 0 Å². The number of ether oxygens (including phenoxy) is 1. The van der Waals surface area contributed by atoms with Gasteiger partial charge in [-0.3, -0.25) is 9.78 Å². The van der Waals surface area contributed by atoms with Gasteiger partial charge in [0.25, 0.3) is 5.91 Å². The van der Waals surface area contributed by atoms with Crippen LogP contribution in [-0.4, -0.2) is 36.6 Å². The van der Waals surface area contributed by atoms with E-state index in [4.69, 9.17) is 4.74 Å². The number of carbonyl (C=O) groups is 2. The highest BCUT2D eigenvalue weighted by molar-refractivity contribution is 6.06. The van der Waals surface area contributed by atoms with E-state index in [-0.39, 0.29) is 12.5 Å². The van der Waals surface area contributed by atoms with Crippen LogP contribution < -0.4 is 10.2 Å². The molecule has 0 bridgehead atoms. The number of pyridine rings is 1. The predicted octanol–water partition coefficient (Wildman–Crippen LogP) is 4.75. The first-order chi connectivity index (χ1) is 15.0. The van der Waals surface area contributed by atoms with Gasteiger partial charge in [-0.25, -0.2) is 4.79 Å². The molecular formula is C25H29N3O3. The first-order valence-corrected chi connectivity index (χ1v) is 10.7. The standard InChI is InChI=1S/C25H29N3O3/c1-5-21-17(4)24(20-10-8-9-11-22(20)27-21)25(30)31-16-23(29)26-18-12-14-19(15-13-18)28(6-2)7-3/h8-15H,5-7,16H2,1-4H3,(H,26,29). The highest BCUT2D eigenvalue weighted by atomic mass is 16.5. The zero-order chi connectivity index (χ0) is 22.4. The van der Waals surface area contributed by atoms with Gasteiger partial charge in [0.05, 0.1) is 11.1 Å². The molecule has 0 saturated heterocycles. The zero-order valence-electron chi connectivity index (χ0n) is 18.6. The molecule has 6 nitrogen and oxygen atoms in total. The predicted molar refractivity (Wildman–Crippen MR) is 125 cm³/mol. The normalized spacial score (nSPS) is 10.7. The Labute approximate surface area is 183 Å². The quantitative estimate of drug-likeness (QED) is 0.534. The average molecular weight is 420 g/mol. The van der Waals surface area contributed by atoms with E-state index in [1.54, 1.807) is 0 Å². The van der Waals surface area contributed by atoms with E-state index in [0.29, 0.717) is 17.7 Å². The number of nitrogens with one attached hydrogen (secondary N) is 1. The highest BCUT2D eigenvalue weighted by Gasteiger charge is 2.19. The Balaban J connectivity index is 1.68. The van der Waals surface area contributed by atoms with Crippen LogP contribution in [-0.2, 0) is 16.0 Å². The molecule has 0 saturated carbocycles. The molecule has 0 fully saturated rings. The number of hydrogen-bond acceptors (Lipinski definition) is 5. The molecule has 0 aliphatic heterocycles. The molecule has 162 valence electrons. The zero-order valence-corrected chi connectivity index (χ0v) is 18.6. The molecule has 3 aromatic rings. The van der Waals surface area contributed by atoms with Crippen LogP contribution in [0.4, 0.5) is 11.4 Å². The lowest BCUT2D eigenvalue weighted by molar-refractivity contribution is -0.119. The molecule has 0 aliphatic rings. The Morgan fingerprint density at radius 1 is 1.00 bits per heavy atom. The molecule has 0 aliphatic carbocycles. The van der Waals surface area contributed by atoms with Crippen LogP contribution in [0.3, 0.4) is 0 Å². The van der Waals surface area contributed by atoms with Crippen LogP contribution in [0, 0.1) is 6.92 Å². The molecule has 0 atom stereocenters. The molecule has 1 amide bonds. The van der Waals surface area contributed by atoms with Gasteiger partial charge >= 0.3 is 5.97 Å². The molecule has 0 spiro atoms. The SMILES string of the molecule is CCc1nc2ccccc2c(C(=O)OCC(=O)Nc2ccc(N(CC)CC)cc2)c1C. The number of fused-ring (bicyclic) bond motifs is 1. The number of para-hydroxylation sites is 1. The number of esters is 1. The van der Waals surface area contributed by atoms with Gasteiger partial charge in [-0.05, 0) is 63.1 Å². The Kier molecular flexibility index (Phi) is 7.23. The highest BCUT2D eigenvalue weighted by Crippen LogP contribution is 2.24. The largest absolute Gasteiger partial charge is 0.452 e. The summed E-state index contributed by atoms with van der Waals surface area (Å²) in [5.41, 5.74) is 4.62. The van der Waals surface area contributed by atoms with E-state index in [0.717, 1.165) is 40.9 Å². The minimum atomic E-state index is -0.516. The molecule has 0 unspecified atom stereocenters. The molecule has 1 N–H and O–H groups in total. The fraction of sp³-hybridized carbons (Fsp3) is 0.320. The van der Waals surface area contributed by atoms with Gasteiger partial charge in [0.15, 0.2) is 6.61 Å². The molecule has 2 aromatic carbocycles. The number of anilines is 2. The summed E-state index contributed by atoms with van der Waals surface area (Å²) in [5.74, 6) is -0.895. The fourth-order valence-corrected chi connectivity index (χ4v) is 3.71. The third-order valence-electron chi connectivity index (χ3n) is 5.39. The monoisotopic (exact) mass is 419 g/mol. The number of hydrogen-bond donors (Lipinski definition) is 1. The molecule has 31 heavy (non-hydrogen) atoms. The van der Waals surface area contributed by atoms with E-state index >= 15 is 0 Å². The van der Waals surface area contributed by atoms with Crippen molar-refractivity contribution in [3.63, 3.8) is 0 Å². The summed E-state index contributed by atoms with van der Waals surface area (Å²) in [5, 5.41) is 3.51. The van der Waals surface area contributed by atoms with Crippen molar-refractivity contribution < 1.29 is 14.3 Å². The van der Waals surface area contributed by atoms with Crippen molar-refractivity contribution in [2.24, 2.45) is 0 Å². The van der Waals surface area contributed by atoms with Crippen LogP contribution in [0.25, 0.3) is 10.9 Å². The minimum Gasteiger partial charge on any atom is -0.452 e. The fourth-order valence-electron chi connectivity index (χ4n) is 3.71. The van der Waals surface area contributed by atoms with Gasteiger partial charge in [-0.2, -0.15) is 0 Å². The summed E-state index contributed by atoms with van der Waals surface area (Å²) >= 11 is 0. The van der Waals surface area contributed by atoms with Crippen LogP contribution in [0.1, 0.15) is 42.4 Å². The Morgan fingerprint density at radius 3 is 2.32 bits per heavy atom. The van der Waals surface area contributed by atoms with Gasteiger partial charge in [0, 0.05) is 35.5 Å². The Hall–Kier alpha value is -3.41. The van der Waals surface area contributed by atoms with E-state index in [2.05, 4.69) is 29.0 Å². The summed E-state index contributed by atoms with van der Waals surface area (Å²) < 4.78 is 5.36. The second-order valence-corrected chi connectivity index (χ2v) is 7.27. The molecule has 0 radical (unpaired) electrons. The summed E-state index contributed by atoms with van der Waals surface area (Å²) in [6.45, 7) is 9.55. The lowest BCUT2D eigenvalue weighted by Crippen LogP contribution is -2.23. The summed E-state index contributed by atoms with van der Waals surface area (Å²) in [6.07, 6.45) is 0.709. The van der Waals surface area contributed by atoms with Crippen LogP contribution in [0.5, 0.6) is 0 Å². The number of benzene rings is 2. The van der Waals surface area contributed by atoms with Crippen molar-refractivity contribution in [1.29, 1.82) is 0 Å². The third kappa shape index (κ3) is 5.02. The van der Waals surface area contributed by atoms with Gasteiger partial charge < -0.3 is 15.0 Å². The van der Waals surface area contributed by atoms with Crippen LogP contribution >= 0.6 is 0 Å². The molecule has 1 heterocycles. The summed E-state index contributed by atoms with van der Waals surface area (Å²) in [7, 11) is 0. The van der Waals surface area contributed by atoms with Crippen molar-refractivity contribution in [1.82, 2.24) is 4.98 Å². The van der Waals surface area contributed by atoms with Crippen molar-refractivity contribution >= 4 is 34.2 Å². The maximum Gasteiger partial charge on any atom is 0.339 e. The lowest BCUT2D eigenvalue weighted by atomic mass is 10.0. The second kappa shape index (κ2) is 10.1. The number of nitrogens with zero attached hydrogens (tertiary/aromatic N) is 2. The van der Waals surface area contributed by atoms with E-state index in [1.165, 1.54) is 0 Å². The first-order valence-electron chi connectivity index (χ1n) is 10.7. The Morgan fingerprint density at radius 2 is 1.68 bits per heavy atom. The molecule has 1 aromatic heterocycles. The molecule has 3 rings (SSSR count). The van der Waals surface area contributed by atoms with Gasteiger partial charge in [0.2, 0.25) is 0 Å². The molecular weight excluding hydrogens is 390 g/mol. The topological polar surface area (TPSA) is 71.5 Å². The van der Waals surface area contributed by atoms with Crippen molar-refractivity contribution in [2.75, 3.05) is 29.9 Å². The van der Waals surface area contributed by atoms with Gasteiger partial charge in [-0.15, -0.1) is 0 Å². The van der Waals surface area contributed by atoms with Crippen LogP contribution in [0.2, 0.25) is 0 Å². The summed E-state index contributed by atoms with van der Waals surface area (Å²) in [6, 6.07) is 15.1. The van der Waals surface area contributed by atoms with Gasteiger partial charge in [0.1, 0.15) is 0 Å². The summed E-state index contributed by atoms with van der Waals surface area (Å²) in [4.78, 5) is 32.0. The number of amides is 1. The van der Waals surface area contributed by atoms with E-state index < -0.39 is 5.97 Å². The Bertz CT molecular complexity index is 1070. The van der Waals surface area contributed by atoms with Crippen LogP contribution in [0.15, 0.2) is 48.5 Å². The minimum absolute atomic E-state index is 0.353. The van der Waals surface area contributed by atoms with E-state index in [9.17, 15) is 9.59 Å². The number of carbonyl (C=O) groups excluding carboxylic acids is 2. The maximum atomic E-state index is 12.9. The average Bonchev–Trinajstić information content (AvgIpc) is 2.79.